The minimum atomic E-state index is -3.66. The van der Waals surface area contributed by atoms with Crippen LogP contribution in [0.3, 0.4) is 0 Å². The highest BCUT2D eigenvalue weighted by molar-refractivity contribution is 7.92. The van der Waals surface area contributed by atoms with E-state index < -0.39 is 10.0 Å². The monoisotopic (exact) mass is 308 g/mol. The van der Waals surface area contributed by atoms with Gasteiger partial charge in [-0.3, -0.25) is 4.72 Å². The van der Waals surface area contributed by atoms with E-state index in [1.807, 2.05) is 26.0 Å². The molecule has 0 aliphatic carbocycles. The van der Waals surface area contributed by atoms with Gasteiger partial charge in [-0.05, 0) is 32.0 Å². The molecule has 3 N–H and O–H groups in total. The van der Waals surface area contributed by atoms with E-state index in [0.29, 0.717) is 11.5 Å². The van der Waals surface area contributed by atoms with Gasteiger partial charge < -0.3 is 10.3 Å². The molecular formula is C14H20N4O2S. The van der Waals surface area contributed by atoms with Crippen molar-refractivity contribution >= 4 is 15.7 Å². The highest BCUT2D eigenvalue weighted by Gasteiger charge is 2.19. The zero-order chi connectivity index (χ0) is 15.5. The van der Waals surface area contributed by atoms with Gasteiger partial charge >= 0.3 is 0 Å². The fraction of sp³-hybridized carbons (Fsp3) is 0.357. The van der Waals surface area contributed by atoms with E-state index in [4.69, 9.17) is 0 Å². The first-order chi connectivity index (χ1) is 9.94. The number of anilines is 1. The maximum absolute atomic E-state index is 12.3. The normalized spacial score (nSPS) is 13.1. The number of benzene rings is 1. The van der Waals surface area contributed by atoms with E-state index in [2.05, 4.69) is 20.0 Å². The lowest BCUT2D eigenvalue weighted by Gasteiger charge is -2.17. The topological polar surface area (TPSA) is 86.9 Å². The molecule has 1 aromatic heterocycles. The molecule has 7 heteroatoms. The fourth-order valence-electron chi connectivity index (χ4n) is 2.12. The minimum Gasteiger partial charge on any atom is -0.332 e. The van der Waals surface area contributed by atoms with Crippen LogP contribution in [0, 0.1) is 6.92 Å². The van der Waals surface area contributed by atoms with Crippen LogP contribution in [0.15, 0.2) is 35.5 Å². The molecule has 21 heavy (non-hydrogen) atoms. The first-order valence-electron chi connectivity index (χ1n) is 6.80. The van der Waals surface area contributed by atoms with Crippen LogP contribution >= 0.6 is 0 Å². The maximum Gasteiger partial charge on any atom is 0.278 e. The Morgan fingerprint density at radius 1 is 1.33 bits per heavy atom. The molecule has 0 spiro atoms. The third kappa shape index (κ3) is 3.62. The number of hydrogen-bond donors (Lipinski definition) is 3. The molecule has 0 saturated carbocycles. The lowest BCUT2D eigenvalue weighted by molar-refractivity contribution is 0.594. The van der Waals surface area contributed by atoms with Crippen molar-refractivity contribution in [1.29, 1.82) is 0 Å². The van der Waals surface area contributed by atoms with Crippen molar-refractivity contribution < 1.29 is 8.42 Å². The molecule has 0 saturated heterocycles. The van der Waals surface area contributed by atoms with Crippen molar-refractivity contribution in [3.05, 3.63) is 41.9 Å². The Bertz CT molecular complexity index is 709. The van der Waals surface area contributed by atoms with Gasteiger partial charge in [0.25, 0.3) is 10.0 Å². The first kappa shape index (κ1) is 15.5. The summed E-state index contributed by atoms with van der Waals surface area (Å²) < 4.78 is 27.3. The zero-order valence-electron chi connectivity index (χ0n) is 12.3. The zero-order valence-corrected chi connectivity index (χ0v) is 13.2. The number of para-hydroxylation sites is 1. The summed E-state index contributed by atoms with van der Waals surface area (Å²) in [5.41, 5.74) is 1.47. The van der Waals surface area contributed by atoms with Crippen molar-refractivity contribution in [3.8, 4) is 0 Å². The third-order valence-corrected chi connectivity index (χ3v) is 4.43. The average Bonchev–Trinajstić information content (AvgIpc) is 2.87. The summed E-state index contributed by atoms with van der Waals surface area (Å²) in [7, 11) is -3.66. The van der Waals surface area contributed by atoms with Crippen LogP contribution < -0.4 is 10.0 Å². The molecule has 1 atom stereocenters. The molecule has 0 aliphatic rings. The van der Waals surface area contributed by atoms with E-state index >= 15 is 0 Å². The Morgan fingerprint density at radius 3 is 2.67 bits per heavy atom. The van der Waals surface area contributed by atoms with Gasteiger partial charge in [0, 0.05) is 6.04 Å². The molecule has 114 valence electrons. The lowest BCUT2D eigenvalue weighted by atomic mass is 10.1. The van der Waals surface area contributed by atoms with Crippen LogP contribution in [0.5, 0.6) is 0 Å². The van der Waals surface area contributed by atoms with Gasteiger partial charge in [-0.25, -0.2) is 4.98 Å². The summed E-state index contributed by atoms with van der Waals surface area (Å²) >= 11 is 0. The molecule has 0 bridgehead atoms. The second-order valence-electron chi connectivity index (χ2n) is 4.80. The number of sulfonamides is 1. The molecule has 0 amide bonds. The number of aromatic amines is 1. The van der Waals surface area contributed by atoms with Crippen molar-refractivity contribution in [2.24, 2.45) is 0 Å². The van der Waals surface area contributed by atoms with Crippen LogP contribution in [0.25, 0.3) is 0 Å². The maximum atomic E-state index is 12.3. The number of imidazole rings is 1. The SMILES string of the molecule is CCNC(C)c1ccccc1NS(=O)(=O)c1cnc(C)[nH]1. The smallest absolute Gasteiger partial charge is 0.278 e. The molecule has 0 radical (unpaired) electrons. The quantitative estimate of drug-likeness (QED) is 0.763. The van der Waals surface area contributed by atoms with Crippen LogP contribution in [-0.4, -0.2) is 24.9 Å². The molecular weight excluding hydrogens is 288 g/mol. The predicted molar refractivity (Wildman–Crippen MR) is 82.7 cm³/mol. The van der Waals surface area contributed by atoms with Crippen LogP contribution in [0.4, 0.5) is 5.69 Å². The minimum absolute atomic E-state index is 0.0532. The first-order valence-corrected chi connectivity index (χ1v) is 8.29. The Morgan fingerprint density at radius 2 is 2.05 bits per heavy atom. The van der Waals surface area contributed by atoms with Crippen molar-refractivity contribution in [3.63, 3.8) is 0 Å². The molecule has 0 fully saturated rings. The summed E-state index contributed by atoms with van der Waals surface area (Å²) in [6.07, 6.45) is 1.31. The number of aryl methyl sites for hydroxylation is 1. The van der Waals surface area contributed by atoms with E-state index in [9.17, 15) is 8.42 Å². The number of aromatic nitrogens is 2. The summed E-state index contributed by atoms with van der Waals surface area (Å²) in [6.45, 7) is 6.52. The van der Waals surface area contributed by atoms with Gasteiger partial charge in [0.2, 0.25) is 0 Å². The van der Waals surface area contributed by atoms with Gasteiger partial charge in [-0.1, -0.05) is 25.1 Å². The van der Waals surface area contributed by atoms with Crippen LogP contribution in [0.2, 0.25) is 0 Å². The average molecular weight is 308 g/mol. The number of hydrogen-bond acceptors (Lipinski definition) is 4. The van der Waals surface area contributed by atoms with Gasteiger partial charge in [0.1, 0.15) is 5.82 Å². The second kappa shape index (κ2) is 6.28. The van der Waals surface area contributed by atoms with E-state index in [1.165, 1.54) is 6.20 Å². The number of nitrogens with one attached hydrogen (secondary N) is 3. The Kier molecular flexibility index (Phi) is 4.64. The summed E-state index contributed by atoms with van der Waals surface area (Å²) in [6, 6.07) is 7.41. The number of H-pyrrole nitrogens is 1. The Labute approximate surface area is 125 Å². The van der Waals surface area contributed by atoms with E-state index in [-0.39, 0.29) is 11.1 Å². The van der Waals surface area contributed by atoms with Gasteiger partial charge in [0.15, 0.2) is 5.03 Å². The third-order valence-electron chi connectivity index (χ3n) is 3.15. The Hall–Kier alpha value is -1.86. The van der Waals surface area contributed by atoms with Gasteiger partial charge in [-0.15, -0.1) is 0 Å². The molecule has 1 heterocycles. The predicted octanol–water partition coefficient (Wildman–Crippen LogP) is 2.19. The number of rotatable bonds is 6. The molecule has 1 aromatic carbocycles. The van der Waals surface area contributed by atoms with Crippen molar-refractivity contribution in [1.82, 2.24) is 15.3 Å². The highest BCUT2D eigenvalue weighted by atomic mass is 32.2. The molecule has 1 unspecified atom stereocenters. The van der Waals surface area contributed by atoms with E-state index in [0.717, 1.165) is 12.1 Å². The number of nitrogens with zero attached hydrogens (tertiary/aromatic N) is 1. The lowest BCUT2D eigenvalue weighted by Crippen LogP contribution is -2.21. The summed E-state index contributed by atoms with van der Waals surface area (Å²) in [5, 5.41) is 3.34. The van der Waals surface area contributed by atoms with Crippen molar-refractivity contribution in [2.45, 2.75) is 31.8 Å². The van der Waals surface area contributed by atoms with Crippen molar-refractivity contribution in [2.75, 3.05) is 11.3 Å². The molecule has 2 aromatic rings. The second-order valence-corrected chi connectivity index (χ2v) is 6.46. The van der Waals surface area contributed by atoms with Crippen LogP contribution in [0.1, 0.15) is 31.3 Å². The van der Waals surface area contributed by atoms with Crippen LogP contribution in [-0.2, 0) is 10.0 Å². The standard InChI is InChI=1S/C14H20N4O2S/c1-4-15-10(2)12-7-5-6-8-13(12)18-21(19,20)14-9-16-11(3)17-14/h5-10,15,18H,4H2,1-3H3,(H,16,17). The molecule has 0 aliphatic heterocycles. The summed E-state index contributed by atoms with van der Waals surface area (Å²) in [4.78, 5) is 6.66. The van der Waals surface area contributed by atoms with Gasteiger partial charge in [0.05, 0.1) is 11.9 Å². The fourth-order valence-corrected chi connectivity index (χ4v) is 3.18. The summed E-state index contributed by atoms with van der Waals surface area (Å²) in [5.74, 6) is 0.560. The largest absolute Gasteiger partial charge is 0.332 e. The highest BCUT2D eigenvalue weighted by Crippen LogP contribution is 2.24. The molecule has 6 nitrogen and oxygen atoms in total. The van der Waals surface area contributed by atoms with Gasteiger partial charge in [-0.2, -0.15) is 8.42 Å². The molecule has 2 rings (SSSR count). The Balaban J connectivity index is 2.31. The van der Waals surface area contributed by atoms with E-state index in [1.54, 1.807) is 19.1 Å².